The van der Waals surface area contributed by atoms with Gasteiger partial charge in [0.2, 0.25) is 10.0 Å². The van der Waals surface area contributed by atoms with Crippen molar-refractivity contribution >= 4 is 15.8 Å². The number of nitrogens with zero attached hydrogens (tertiary/aromatic N) is 2. The minimum absolute atomic E-state index is 0.184. The normalized spacial score (nSPS) is 11.7. The van der Waals surface area contributed by atoms with E-state index in [1.165, 1.54) is 12.6 Å². The summed E-state index contributed by atoms with van der Waals surface area (Å²) in [5.74, 6) is 0.603. The third-order valence-corrected chi connectivity index (χ3v) is 7.57. The summed E-state index contributed by atoms with van der Waals surface area (Å²) in [6, 6.07) is 16.4. The molecule has 32 heavy (non-hydrogen) atoms. The van der Waals surface area contributed by atoms with Crippen LogP contribution in [0.1, 0.15) is 32.9 Å². The number of benzene rings is 2. The van der Waals surface area contributed by atoms with Gasteiger partial charge in [-0.15, -0.1) is 0 Å². The molecule has 0 amide bonds. The molecule has 0 aliphatic heterocycles. The Morgan fingerprint density at radius 1 is 1.00 bits per heavy atom. The van der Waals surface area contributed by atoms with Gasteiger partial charge in [-0.25, -0.2) is 8.42 Å². The number of likely N-dealkylation sites (N-methyl/N-ethyl adjacent to an activating group) is 1. The van der Waals surface area contributed by atoms with Gasteiger partial charge in [0.1, 0.15) is 5.75 Å². The smallest absolute Gasteiger partial charge is 0.243 e. The number of aryl methyl sites for hydroxylation is 3. The lowest BCUT2D eigenvalue weighted by atomic mass is 10.1. The van der Waals surface area contributed by atoms with Crippen LogP contribution in [0.15, 0.2) is 59.5 Å². The third-order valence-electron chi connectivity index (χ3n) is 5.75. The van der Waals surface area contributed by atoms with E-state index in [0.717, 1.165) is 40.0 Å². The Labute approximate surface area is 190 Å². The quantitative estimate of drug-likeness (QED) is 0.455. The fourth-order valence-electron chi connectivity index (χ4n) is 3.72. The Hall–Kier alpha value is -2.90. The zero-order valence-electron chi connectivity index (χ0n) is 19.3. The summed E-state index contributed by atoms with van der Waals surface area (Å²) in [5.41, 5.74) is 4.54. The lowest BCUT2D eigenvalue weighted by molar-refractivity contribution is 0.0972. The van der Waals surface area contributed by atoms with Gasteiger partial charge in [0.25, 0.3) is 0 Å². The second-order valence-electron chi connectivity index (χ2n) is 8.03. The first-order valence-electron chi connectivity index (χ1n) is 10.5. The van der Waals surface area contributed by atoms with Crippen LogP contribution in [0.25, 0.3) is 0 Å². The molecule has 2 aromatic carbocycles. The SMILES string of the molecule is COc1ccc(CCn2c(C)cc(C(=O)CN(C)S(=O)(=O)c3ccc(C)cc3)c2C)cc1. The molecule has 0 N–H and O–H groups in total. The minimum Gasteiger partial charge on any atom is -0.497 e. The van der Waals surface area contributed by atoms with Crippen molar-refractivity contribution in [3.8, 4) is 5.75 Å². The second-order valence-corrected chi connectivity index (χ2v) is 10.1. The second kappa shape index (κ2) is 9.71. The van der Waals surface area contributed by atoms with E-state index < -0.39 is 10.0 Å². The van der Waals surface area contributed by atoms with Crippen molar-refractivity contribution < 1.29 is 17.9 Å². The van der Waals surface area contributed by atoms with Crippen LogP contribution in [0.2, 0.25) is 0 Å². The van der Waals surface area contributed by atoms with Crippen LogP contribution in [-0.2, 0) is 23.0 Å². The lowest BCUT2D eigenvalue weighted by Crippen LogP contribution is -2.32. The van der Waals surface area contributed by atoms with Crippen LogP contribution < -0.4 is 4.74 Å². The van der Waals surface area contributed by atoms with Crippen LogP contribution in [0.4, 0.5) is 0 Å². The number of methoxy groups -OCH3 is 1. The predicted molar refractivity (Wildman–Crippen MR) is 126 cm³/mol. The van der Waals surface area contributed by atoms with Gasteiger partial charge in [0.05, 0.1) is 18.6 Å². The van der Waals surface area contributed by atoms with Gasteiger partial charge in [-0.2, -0.15) is 4.31 Å². The average molecular weight is 455 g/mol. The number of carbonyl (C=O) groups excluding carboxylic acids is 1. The van der Waals surface area contributed by atoms with Crippen molar-refractivity contribution in [2.45, 2.75) is 38.6 Å². The third kappa shape index (κ3) is 5.11. The maximum absolute atomic E-state index is 13.0. The molecular formula is C25H30N2O4S. The largest absolute Gasteiger partial charge is 0.497 e. The van der Waals surface area contributed by atoms with Crippen LogP contribution in [-0.4, -0.2) is 43.8 Å². The van der Waals surface area contributed by atoms with Crippen molar-refractivity contribution in [2.75, 3.05) is 20.7 Å². The Morgan fingerprint density at radius 3 is 2.22 bits per heavy atom. The number of hydrogen-bond acceptors (Lipinski definition) is 4. The van der Waals surface area contributed by atoms with E-state index in [1.54, 1.807) is 31.4 Å². The molecule has 1 aromatic heterocycles. The van der Waals surface area contributed by atoms with Crippen molar-refractivity contribution in [1.29, 1.82) is 0 Å². The summed E-state index contributed by atoms with van der Waals surface area (Å²) in [7, 11) is -0.649. The van der Waals surface area contributed by atoms with E-state index in [2.05, 4.69) is 4.57 Å². The molecule has 0 radical (unpaired) electrons. The van der Waals surface area contributed by atoms with Gasteiger partial charge in [0.15, 0.2) is 5.78 Å². The summed E-state index contributed by atoms with van der Waals surface area (Å²) >= 11 is 0. The lowest BCUT2D eigenvalue weighted by Gasteiger charge is -2.17. The molecule has 0 spiro atoms. The summed E-state index contributed by atoms with van der Waals surface area (Å²) in [6.07, 6.45) is 0.815. The van der Waals surface area contributed by atoms with E-state index in [-0.39, 0.29) is 17.2 Å². The molecule has 170 valence electrons. The maximum Gasteiger partial charge on any atom is 0.243 e. The number of sulfonamides is 1. The van der Waals surface area contributed by atoms with E-state index >= 15 is 0 Å². The van der Waals surface area contributed by atoms with E-state index in [0.29, 0.717) is 5.56 Å². The first kappa shape index (κ1) is 23.8. The Kier molecular flexibility index (Phi) is 7.21. The molecule has 3 rings (SSSR count). The molecule has 7 heteroatoms. The topological polar surface area (TPSA) is 68.6 Å². The molecule has 6 nitrogen and oxygen atoms in total. The standard InChI is InChI=1S/C25H30N2O4S/c1-18-6-12-23(13-7-18)32(29,30)26(4)17-25(28)24-16-19(2)27(20(24)3)15-14-21-8-10-22(31-5)11-9-21/h6-13,16H,14-15,17H2,1-5H3. The molecule has 1 heterocycles. The first-order valence-corrected chi connectivity index (χ1v) is 11.9. The van der Waals surface area contributed by atoms with Gasteiger partial charge in [-0.05, 0) is 63.1 Å². The zero-order chi connectivity index (χ0) is 23.5. The summed E-state index contributed by atoms with van der Waals surface area (Å²) in [4.78, 5) is 13.2. The minimum atomic E-state index is -3.73. The van der Waals surface area contributed by atoms with Crippen molar-refractivity contribution in [3.05, 3.63) is 82.7 Å². The van der Waals surface area contributed by atoms with Crippen LogP contribution in [0, 0.1) is 20.8 Å². The summed E-state index contributed by atoms with van der Waals surface area (Å²) < 4.78 is 34.1. The molecule has 0 aliphatic rings. The van der Waals surface area contributed by atoms with Gasteiger partial charge >= 0.3 is 0 Å². The molecule has 0 saturated heterocycles. The number of carbonyl (C=O) groups is 1. The fourth-order valence-corrected chi connectivity index (χ4v) is 4.85. The number of hydrogen-bond donors (Lipinski definition) is 0. The number of ketones is 1. The number of aromatic nitrogens is 1. The fraction of sp³-hybridized carbons (Fsp3) is 0.320. The number of ether oxygens (including phenoxy) is 1. The Balaban J connectivity index is 1.72. The van der Waals surface area contributed by atoms with E-state index in [1.807, 2.05) is 51.1 Å². The van der Waals surface area contributed by atoms with E-state index in [4.69, 9.17) is 4.74 Å². The molecule has 0 atom stereocenters. The zero-order valence-corrected chi connectivity index (χ0v) is 20.1. The Bertz CT molecular complexity index is 1190. The molecule has 0 fully saturated rings. The van der Waals surface area contributed by atoms with Gasteiger partial charge in [0, 0.05) is 30.5 Å². The average Bonchev–Trinajstić information content (AvgIpc) is 3.06. The van der Waals surface area contributed by atoms with Crippen LogP contribution in [0.3, 0.4) is 0 Å². The Morgan fingerprint density at radius 2 is 1.62 bits per heavy atom. The number of rotatable bonds is 9. The highest BCUT2D eigenvalue weighted by molar-refractivity contribution is 7.89. The summed E-state index contributed by atoms with van der Waals surface area (Å²) in [6.45, 7) is 6.29. The predicted octanol–water partition coefficient (Wildman–Crippen LogP) is 4.17. The molecular weight excluding hydrogens is 424 g/mol. The van der Waals surface area contributed by atoms with Crippen LogP contribution >= 0.6 is 0 Å². The maximum atomic E-state index is 13.0. The molecule has 0 aliphatic carbocycles. The van der Waals surface area contributed by atoms with Gasteiger partial charge < -0.3 is 9.30 Å². The monoisotopic (exact) mass is 454 g/mol. The van der Waals surface area contributed by atoms with E-state index in [9.17, 15) is 13.2 Å². The van der Waals surface area contributed by atoms with Crippen molar-refractivity contribution in [2.24, 2.45) is 0 Å². The summed E-state index contributed by atoms with van der Waals surface area (Å²) in [5, 5.41) is 0. The molecule has 3 aromatic rings. The van der Waals surface area contributed by atoms with Gasteiger partial charge in [-0.3, -0.25) is 4.79 Å². The highest BCUT2D eigenvalue weighted by atomic mass is 32.2. The van der Waals surface area contributed by atoms with Crippen LogP contribution in [0.5, 0.6) is 5.75 Å². The van der Waals surface area contributed by atoms with Crippen molar-refractivity contribution in [1.82, 2.24) is 8.87 Å². The number of Topliss-reactive ketones (excluding diaryl/α,β-unsaturated/α-hetero) is 1. The molecule has 0 saturated carbocycles. The highest BCUT2D eigenvalue weighted by Gasteiger charge is 2.25. The first-order chi connectivity index (χ1) is 15.1. The van der Waals surface area contributed by atoms with Gasteiger partial charge in [-0.1, -0.05) is 29.8 Å². The molecule has 0 unspecified atom stereocenters. The van der Waals surface area contributed by atoms with Crippen molar-refractivity contribution in [3.63, 3.8) is 0 Å². The molecule has 0 bridgehead atoms. The highest BCUT2D eigenvalue weighted by Crippen LogP contribution is 2.20.